The highest BCUT2D eigenvalue weighted by Crippen LogP contribution is 2.24. The minimum absolute atomic E-state index is 0.0795. The molecule has 31 heavy (non-hydrogen) atoms. The third kappa shape index (κ3) is 7.24. The van der Waals surface area contributed by atoms with E-state index in [0.29, 0.717) is 17.7 Å². The van der Waals surface area contributed by atoms with Gasteiger partial charge in [0.05, 0.1) is 13.7 Å². The predicted molar refractivity (Wildman–Crippen MR) is 129 cm³/mol. The van der Waals surface area contributed by atoms with Crippen molar-refractivity contribution in [3.05, 3.63) is 65.2 Å². The second kappa shape index (κ2) is 11.7. The summed E-state index contributed by atoms with van der Waals surface area (Å²) in [6.45, 7) is 3.49. The van der Waals surface area contributed by atoms with Crippen LogP contribution in [-0.4, -0.2) is 35.6 Å². The van der Waals surface area contributed by atoms with Gasteiger partial charge < -0.3 is 20.3 Å². The number of carbonyl (C=O) groups excluding carboxylic acids is 1. The first-order chi connectivity index (χ1) is 15.0. The van der Waals surface area contributed by atoms with Crippen LogP contribution in [0.15, 0.2) is 48.5 Å². The maximum atomic E-state index is 12.4. The first kappa shape index (κ1) is 23.1. The van der Waals surface area contributed by atoms with E-state index in [9.17, 15) is 4.79 Å². The van der Waals surface area contributed by atoms with Crippen molar-refractivity contribution < 1.29 is 9.53 Å². The average Bonchev–Trinajstić information content (AvgIpc) is 2.81. The largest absolute Gasteiger partial charge is 0.497 e. The number of amides is 1. The van der Waals surface area contributed by atoms with Crippen LogP contribution < -0.4 is 15.4 Å². The molecule has 2 N–H and O–H groups in total. The average molecular weight is 440 g/mol. The van der Waals surface area contributed by atoms with E-state index < -0.39 is 0 Å². The summed E-state index contributed by atoms with van der Waals surface area (Å²) in [4.78, 5) is 14.7. The van der Waals surface area contributed by atoms with Crippen molar-refractivity contribution >= 4 is 23.2 Å². The molecule has 0 unspecified atom stereocenters. The molecule has 1 saturated carbocycles. The monoisotopic (exact) mass is 439 g/mol. The summed E-state index contributed by atoms with van der Waals surface area (Å²) in [5.41, 5.74) is 3.49. The van der Waals surface area contributed by atoms with E-state index in [1.807, 2.05) is 24.3 Å². The molecule has 1 aliphatic rings. The van der Waals surface area contributed by atoms with E-state index in [1.165, 1.54) is 30.4 Å². The third-order valence-electron chi connectivity index (χ3n) is 5.77. The fraction of sp³-hybridized carbons (Fsp3) is 0.440. The number of aryl methyl sites for hydroxylation is 1. The van der Waals surface area contributed by atoms with Gasteiger partial charge in [0.25, 0.3) is 0 Å². The molecule has 0 heterocycles. The van der Waals surface area contributed by atoms with Crippen LogP contribution >= 0.6 is 12.2 Å². The highest BCUT2D eigenvalue weighted by atomic mass is 32.1. The number of rotatable bonds is 8. The molecule has 1 aliphatic carbocycles. The molecule has 6 heteroatoms. The van der Waals surface area contributed by atoms with Crippen LogP contribution in [-0.2, 0) is 17.9 Å². The predicted octanol–water partition coefficient (Wildman–Crippen LogP) is 4.33. The van der Waals surface area contributed by atoms with Gasteiger partial charge in [0.1, 0.15) is 5.75 Å². The lowest BCUT2D eigenvalue weighted by Crippen LogP contribution is -2.48. The van der Waals surface area contributed by atoms with Gasteiger partial charge in [-0.15, -0.1) is 0 Å². The zero-order chi connectivity index (χ0) is 22.1. The molecule has 0 aliphatic heterocycles. The lowest BCUT2D eigenvalue weighted by molar-refractivity contribution is -0.120. The number of carbonyl (C=O) groups is 1. The van der Waals surface area contributed by atoms with Crippen molar-refractivity contribution in [3.63, 3.8) is 0 Å². The molecule has 2 aromatic carbocycles. The van der Waals surface area contributed by atoms with E-state index in [4.69, 9.17) is 17.0 Å². The van der Waals surface area contributed by atoms with Crippen LogP contribution in [0.3, 0.4) is 0 Å². The molecule has 0 radical (unpaired) electrons. The maximum Gasteiger partial charge on any atom is 0.239 e. The lowest BCUT2D eigenvalue weighted by Gasteiger charge is -2.36. The van der Waals surface area contributed by atoms with Gasteiger partial charge in [0, 0.05) is 19.1 Å². The molecule has 0 atom stereocenters. The van der Waals surface area contributed by atoms with Crippen LogP contribution in [0.4, 0.5) is 0 Å². The van der Waals surface area contributed by atoms with E-state index in [-0.39, 0.29) is 12.5 Å². The Hall–Kier alpha value is -2.60. The molecule has 166 valence electrons. The number of methoxy groups -OCH3 is 1. The second-order valence-corrected chi connectivity index (χ2v) is 8.58. The number of thiocarbonyl (C=S) groups is 1. The highest BCUT2D eigenvalue weighted by Gasteiger charge is 2.23. The zero-order valence-electron chi connectivity index (χ0n) is 18.5. The molecule has 3 rings (SSSR count). The van der Waals surface area contributed by atoms with Crippen molar-refractivity contribution in [1.29, 1.82) is 0 Å². The first-order valence-electron chi connectivity index (χ1n) is 11.0. The number of nitrogens with zero attached hydrogens (tertiary/aromatic N) is 1. The van der Waals surface area contributed by atoms with Gasteiger partial charge in [-0.2, -0.15) is 0 Å². The minimum Gasteiger partial charge on any atom is -0.497 e. The van der Waals surface area contributed by atoms with Crippen LogP contribution in [0.5, 0.6) is 5.75 Å². The van der Waals surface area contributed by atoms with Crippen molar-refractivity contribution in [1.82, 2.24) is 15.5 Å². The SMILES string of the molecule is COc1cccc(CNC(=O)CNC(=S)N(Cc2ccc(C)cc2)C2CCCCC2)c1. The van der Waals surface area contributed by atoms with Gasteiger partial charge in [0.15, 0.2) is 5.11 Å². The van der Waals surface area contributed by atoms with Gasteiger partial charge >= 0.3 is 0 Å². The third-order valence-corrected chi connectivity index (χ3v) is 6.15. The van der Waals surface area contributed by atoms with Gasteiger partial charge in [0.2, 0.25) is 5.91 Å². The van der Waals surface area contributed by atoms with Crippen LogP contribution in [0.1, 0.15) is 48.8 Å². The normalized spacial score (nSPS) is 14.0. The van der Waals surface area contributed by atoms with Gasteiger partial charge in [-0.3, -0.25) is 4.79 Å². The minimum atomic E-state index is -0.0795. The maximum absolute atomic E-state index is 12.4. The zero-order valence-corrected chi connectivity index (χ0v) is 19.3. The Labute approximate surface area is 191 Å². The fourth-order valence-corrected chi connectivity index (χ4v) is 4.24. The number of nitrogens with one attached hydrogen (secondary N) is 2. The molecule has 1 fully saturated rings. The Bertz CT molecular complexity index is 863. The van der Waals surface area contributed by atoms with E-state index in [1.54, 1.807) is 7.11 Å². The van der Waals surface area contributed by atoms with Crippen LogP contribution in [0, 0.1) is 6.92 Å². The number of hydrogen-bond acceptors (Lipinski definition) is 3. The molecule has 0 spiro atoms. The summed E-state index contributed by atoms with van der Waals surface area (Å²) in [5.74, 6) is 0.703. The van der Waals surface area contributed by atoms with Gasteiger partial charge in [-0.1, -0.05) is 61.2 Å². The molecule has 1 amide bonds. The van der Waals surface area contributed by atoms with Gasteiger partial charge in [-0.25, -0.2) is 0 Å². The molecule has 0 aromatic heterocycles. The summed E-state index contributed by atoms with van der Waals surface area (Å²) in [6, 6.07) is 16.7. The Morgan fingerprint density at radius 1 is 1.06 bits per heavy atom. The quantitative estimate of drug-likeness (QED) is 0.600. The topological polar surface area (TPSA) is 53.6 Å². The summed E-state index contributed by atoms with van der Waals surface area (Å²) >= 11 is 5.73. The standard InChI is InChI=1S/C25H33N3O2S/c1-19-11-13-20(14-12-19)18-28(22-8-4-3-5-9-22)25(31)27-17-24(29)26-16-21-7-6-10-23(15-21)30-2/h6-7,10-15,22H,3-5,8-9,16-18H2,1-2H3,(H,26,29)(H,27,31). The summed E-state index contributed by atoms with van der Waals surface area (Å²) in [7, 11) is 1.64. The smallest absolute Gasteiger partial charge is 0.239 e. The number of hydrogen-bond donors (Lipinski definition) is 2. The molecular weight excluding hydrogens is 406 g/mol. The van der Waals surface area contributed by atoms with Crippen molar-refractivity contribution in [2.45, 2.75) is 58.2 Å². The molecule has 0 saturated heterocycles. The van der Waals surface area contributed by atoms with Crippen LogP contribution in [0.2, 0.25) is 0 Å². The summed E-state index contributed by atoms with van der Waals surface area (Å²) < 4.78 is 5.23. The van der Waals surface area contributed by atoms with Crippen molar-refractivity contribution in [2.75, 3.05) is 13.7 Å². The lowest BCUT2D eigenvalue weighted by atomic mass is 9.94. The highest BCUT2D eigenvalue weighted by molar-refractivity contribution is 7.80. The number of benzene rings is 2. The molecule has 0 bridgehead atoms. The van der Waals surface area contributed by atoms with Gasteiger partial charge in [-0.05, 0) is 55.2 Å². The first-order valence-corrected chi connectivity index (χ1v) is 11.5. The van der Waals surface area contributed by atoms with E-state index >= 15 is 0 Å². The Kier molecular flexibility index (Phi) is 8.71. The molecule has 2 aromatic rings. The summed E-state index contributed by atoms with van der Waals surface area (Å²) in [6.07, 6.45) is 6.06. The molecular formula is C25H33N3O2S. The Morgan fingerprint density at radius 3 is 2.52 bits per heavy atom. The second-order valence-electron chi connectivity index (χ2n) is 8.19. The van der Waals surface area contributed by atoms with Crippen molar-refractivity contribution in [2.24, 2.45) is 0 Å². The van der Waals surface area contributed by atoms with Crippen LogP contribution in [0.25, 0.3) is 0 Å². The molecule has 5 nitrogen and oxygen atoms in total. The number of ether oxygens (including phenoxy) is 1. The fourth-order valence-electron chi connectivity index (χ4n) is 3.95. The Balaban J connectivity index is 1.54. The summed E-state index contributed by atoms with van der Waals surface area (Å²) in [5, 5.41) is 6.79. The Morgan fingerprint density at radius 2 is 1.81 bits per heavy atom. The van der Waals surface area contributed by atoms with E-state index in [0.717, 1.165) is 30.7 Å². The van der Waals surface area contributed by atoms with E-state index in [2.05, 4.69) is 46.7 Å². The van der Waals surface area contributed by atoms with Crippen molar-refractivity contribution in [3.8, 4) is 5.75 Å².